The number of aromatic nitrogens is 2. The van der Waals surface area contributed by atoms with Crippen LogP contribution in [0.2, 0.25) is 0 Å². The van der Waals surface area contributed by atoms with Crippen LogP contribution in [-0.2, 0) is 4.79 Å². The van der Waals surface area contributed by atoms with E-state index in [1.807, 2.05) is 30.3 Å². The lowest BCUT2D eigenvalue weighted by Crippen LogP contribution is -2.35. The van der Waals surface area contributed by atoms with Gasteiger partial charge >= 0.3 is 5.97 Å². The van der Waals surface area contributed by atoms with Crippen LogP contribution in [0.1, 0.15) is 29.4 Å². The van der Waals surface area contributed by atoms with Crippen LogP contribution in [0.5, 0.6) is 0 Å². The number of rotatable bonds is 3. The minimum absolute atomic E-state index is 0.209. The first-order valence-electron chi connectivity index (χ1n) is 7.82. The Morgan fingerprint density at radius 2 is 1.96 bits per heavy atom. The molecule has 1 aliphatic heterocycles. The standard InChI is InChI=1S/C18H19N3O3/c1-12-14(10-19-15(20-12)13-6-4-3-5-7-13)16(22)21-9-8-18(2,11-21)17(23)24/h3-7,10H,8-9,11H2,1-2H3,(H,23,24)/t18-/m1/s1. The van der Waals surface area contributed by atoms with Crippen LogP contribution in [-0.4, -0.2) is 44.9 Å². The molecule has 2 aromatic rings. The molecule has 0 unspecified atom stereocenters. The molecule has 1 saturated heterocycles. The zero-order valence-corrected chi connectivity index (χ0v) is 13.7. The first kappa shape index (κ1) is 16.1. The molecule has 1 aromatic heterocycles. The lowest BCUT2D eigenvalue weighted by molar-refractivity contribution is -0.147. The van der Waals surface area contributed by atoms with Crippen molar-refractivity contribution >= 4 is 11.9 Å². The number of carbonyl (C=O) groups excluding carboxylic acids is 1. The fourth-order valence-electron chi connectivity index (χ4n) is 2.88. The minimum atomic E-state index is -0.881. The van der Waals surface area contributed by atoms with E-state index in [-0.39, 0.29) is 12.5 Å². The molecular weight excluding hydrogens is 306 g/mol. The summed E-state index contributed by atoms with van der Waals surface area (Å²) in [5, 5.41) is 9.30. The summed E-state index contributed by atoms with van der Waals surface area (Å²) in [5.41, 5.74) is 1.02. The van der Waals surface area contributed by atoms with Gasteiger partial charge in [-0.05, 0) is 20.3 Å². The molecule has 1 N–H and O–H groups in total. The molecule has 0 saturated carbocycles. The van der Waals surface area contributed by atoms with E-state index in [0.29, 0.717) is 30.0 Å². The molecule has 6 heteroatoms. The van der Waals surface area contributed by atoms with Crippen molar-refractivity contribution in [2.75, 3.05) is 13.1 Å². The third-order valence-electron chi connectivity index (χ3n) is 4.52. The van der Waals surface area contributed by atoms with Gasteiger partial charge in [0.05, 0.1) is 16.7 Å². The maximum atomic E-state index is 12.7. The fourth-order valence-corrected chi connectivity index (χ4v) is 2.88. The number of carboxylic acids is 1. The highest BCUT2D eigenvalue weighted by molar-refractivity contribution is 5.95. The van der Waals surface area contributed by atoms with Crippen molar-refractivity contribution in [3.8, 4) is 11.4 Å². The highest BCUT2D eigenvalue weighted by Crippen LogP contribution is 2.31. The molecule has 24 heavy (non-hydrogen) atoms. The van der Waals surface area contributed by atoms with E-state index < -0.39 is 11.4 Å². The number of carboxylic acid groups (broad SMARTS) is 1. The summed E-state index contributed by atoms with van der Waals surface area (Å²) in [4.78, 5) is 34.3. The third-order valence-corrected chi connectivity index (χ3v) is 4.52. The van der Waals surface area contributed by atoms with E-state index in [4.69, 9.17) is 0 Å². The summed E-state index contributed by atoms with van der Waals surface area (Å²) in [6, 6.07) is 9.55. The van der Waals surface area contributed by atoms with Crippen molar-refractivity contribution in [3.63, 3.8) is 0 Å². The molecule has 1 fully saturated rings. The Morgan fingerprint density at radius 3 is 2.54 bits per heavy atom. The second-order valence-corrected chi connectivity index (χ2v) is 6.40. The number of hydrogen-bond acceptors (Lipinski definition) is 4. The molecule has 1 aromatic carbocycles. The first-order valence-corrected chi connectivity index (χ1v) is 7.82. The van der Waals surface area contributed by atoms with Gasteiger partial charge < -0.3 is 10.0 Å². The maximum absolute atomic E-state index is 12.7. The molecule has 0 radical (unpaired) electrons. The normalized spacial score (nSPS) is 20.2. The van der Waals surface area contributed by atoms with Crippen LogP contribution >= 0.6 is 0 Å². The Hall–Kier alpha value is -2.76. The van der Waals surface area contributed by atoms with E-state index in [0.717, 1.165) is 5.56 Å². The molecule has 0 bridgehead atoms. The van der Waals surface area contributed by atoms with Crippen LogP contribution in [0.25, 0.3) is 11.4 Å². The summed E-state index contributed by atoms with van der Waals surface area (Å²) in [5.74, 6) is -0.510. The molecule has 0 spiro atoms. The van der Waals surface area contributed by atoms with Gasteiger partial charge in [0.25, 0.3) is 5.91 Å². The molecule has 2 heterocycles. The predicted molar refractivity (Wildman–Crippen MR) is 88.5 cm³/mol. The highest BCUT2D eigenvalue weighted by Gasteiger charge is 2.42. The quantitative estimate of drug-likeness (QED) is 0.937. The van der Waals surface area contributed by atoms with Gasteiger partial charge in [0.15, 0.2) is 5.82 Å². The number of amides is 1. The Bertz CT molecular complexity index is 791. The zero-order valence-electron chi connectivity index (χ0n) is 13.7. The predicted octanol–water partition coefficient (Wildman–Crippen LogP) is 2.39. The van der Waals surface area contributed by atoms with Gasteiger partial charge in [-0.2, -0.15) is 0 Å². The third kappa shape index (κ3) is 2.87. The lowest BCUT2D eigenvalue weighted by Gasteiger charge is -2.20. The van der Waals surface area contributed by atoms with E-state index in [2.05, 4.69) is 9.97 Å². The SMILES string of the molecule is Cc1nc(-c2ccccc2)ncc1C(=O)N1CC[C@@](C)(C(=O)O)C1. The van der Waals surface area contributed by atoms with E-state index >= 15 is 0 Å². The number of likely N-dealkylation sites (tertiary alicyclic amines) is 1. The molecule has 3 rings (SSSR count). The van der Waals surface area contributed by atoms with Crippen molar-refractivity contribution < 1.29 is 14.7 Å². The molecule has 1 amide bonds. The van der Waals surface area contributed by atoms with E-state index in [1.165, 1.54) is 6.20 Å². The molecule has 1 atom stereocenters. The van der Waals surface area contributed by atoms with Crippen LogP contribution in [0.15, 0.2) is 36.5 Å². The van der Waals surface area contributed by atoms with Gasteiger partial charge in [0.2, 0.25) is 0 Å². The summed E-state index contributed by atoms with van der Waals surface area (Å²) in [6.45, 7) is 4.08. The Morgan fingerprint density at radius 1 is 1.25 bits per heavy atom. The molecule has 1 aliphatic rings. The van der Waals surface area contributed by atoms with Crippen molar-refractivity contribution in [1.82, 2.24) is 14.9 Å². The monoisotopic (exact) mass is 325 g/mol. The number of aryl methyl sites for hydroxylation is 1. The molecular formula is C18H19N3O3. The van der Waals surface area contributed by atoms with Gasteiger partial charge in [0.1, 0.15) is 0 Å². The average Bonchev–Trinajstić information content (AvgIpc) is 2.99. The van der Waals surface area contributed by atoms with Crippen molar-refractivity contribution in [1.29, 1.82) is 0 Å². The smallest absolute Gasteiger partial charge is 0.311 e. The van der Waals surface area contributed by atoms with Crippen LogP contribution in [0.3, 0.4) is 0 Å². The maximum Gasteiger partial charge on any atom is 0.311 e. The van der Waals surface area contributed by atoms with E-state index in [9.17, 15) is 14.7 Å². The van der Waals surface area contributed by atoms with Crippen LogP contribution in [0.4, 0.5) is 0 Å². The van der Waals surface area contributed by atoms with Crippen LogP contribution < -0.4 is 0 Å². The van der Waals surface area contributed by atoms with Gasteiger partial charge in [-0.25, -0.2) is 9.97 Å². The molecule has 124 valence electrons. The molecule has 6 nitrogen and oxygen atoms in total. The first-order chi connectivity index (χ1) is 11.4. The largest absolute Gasteiger partial charge is 0.481 e. The summed E-state index contributed by atoms with van der Waals surface area (Å²) in [6.07, 6.45) is 1.99. The van der Waals surface area contributed by atoms with Crippen molar-refractivity contribution in [2.45, 2.75) is 20.3 Å². The number of nitrogens with zero attached hydrogens (tertiary/aromatic N) is 3. The summed E-state index contributed by atoms with van der Waals surface area (Å²) >= 11 is 0. The summed E-state index contributed by atoms with van der Waals surface area (Å²) < 4.78 is 0. The van der Waals surface area contributed by atoms with E-state index in [1.54, 1.807) is 18.7 Å². The van der Waals surface area contributed by atoms with Gasteiger partial charge in [-0.1, -0.05) is 30.3 Å². The van der Waals surface area contributed by atoms with Crippen LogP contribution in [0, 0.1) is 12.3 Å². The van der Waals surface area contributed by atoms with Crippen molar-refractivity contribution in [3.05, 3.63) is 47.8 Å². The minimum Gasteiger partial charge on any atom is -0.481 e. The lowest BCUT2D eigenvalue weighted by atomic mass is 9.90. The Labute approximate surface area is 140 Å². The Balaban J connectivity index is 1.83. The number of carbonyl (C=O) groups is 2. The number of hydrogen-bond donors (Lipinski definition) is 1. The topological polar surface area (TPSA) is 83.4 Å². The Kier molecular flexibility index (Phi) is 4.05. The van der Waals surface area contributed by atoms with Gasteiger partial charge in [0, 0.05) is 24.8 Å². The second-order valence-electron chi connectivity index (χ2n) is 6.40. The second kappa shape index (κ2) is 6.03. The number of aliphatic carboxylic acids is 1. The average molecular weight is 325 g/mol. The number of benzene rings is 1. The zero-order chi connectivity index (χ0) is 17.3. The van der Waals surface area contributed by atoms with Crippen molar-refractivity contribution in [2.24, 2.45) is 5.41 Å². The highest BCUT2D eigenvalue weighted by atomic mass is 16.4. The van der Waals surface area contributed by atoms with Gasteiger partial charge in [-0.15, -0.1) is 0 Å². The van der Waals surface area contributed by atoms with Gasteiger partial charge in [-0.3, -0.25) is 9.59 Å². The fraction of sp³-hybridized carbons (Fsp3) is 0.333. The summed E-state index contributed by atoms with van der Waals surface area (Å²) in [7, 11) is 0. The molecule has 0 aliphatic carbocycles.